The first-order valence-electron chi connectivity index (χ1n) is 3.45. The standard InChI is InChI=1S/C8H10O.CH4/c1-2-4-7(5-3-1)8-6-9-8;/h2,4-5,8H,1,3,6H2;1H4/t8-;/m1./s1. The normalized spacial score (nSPS) is 28.8. The summed E-state index contributed by atoms with van der Waals surface area (Å²) >= 11 is 0. The summed E-state index contributed by atoms with van der Waals surface area (Å²) in [6.45, 7) is 0.941. The van der Waals surface area contributed by atoms with Crippen molar-refractivity contribution in [1.82, 2.24) is 0 Å². The van der Waals surface area contributed by atoms with Crippen LogP contribution in [-0.2, 0) is 4.74 Å². The van der Waals surface area contributed by atoms with E-state index in [1.54, 1.807) is 0 Å². The van der Waals surface area contributed by atoms with Crippen LogP contribution in [0.3, 0.4) is 0 Å². The van der Waals surface area contributed by atoms with Gasteiger partial charge in [0.05, 0.1) is 6.61 Å². The van der Waals surface area contributed by atoms with E-state index < -0.39 is 0 Å². The molecule has 1 atom stereocenters. The van der Waals surface area contributed by atoms with Crippen LogP contribution in [0.25, 0.3) is 0 Å². The van der Waals surface area contributed by atoms with Gasteiger partial charge in [-0.25, -0.2) is 0 Å². The molecule has 0 aromatic carbocycles. The Labute approximate surface area is 62.4 Å². The van der Waals surface area contributed by atoms with Crippen molar-refractivity contribution in [3.63, 3.8) is 0 Å². The molecule has 0 aromatic heterocycles. The average molecular weight is 138 g/mol. The quantitative estimate of drug-likeness (QED) is 0.506. The first-order chi connectivity index (χ1) is 4.47. The lowest BCUT2D eigenvalue weighted by Crippen LogP contribution is -1.91. The van der Waals surface area contributed by atoms with E-state index in [0.717, 1.165) is 6.61 Å². The molecule has 1 saturated heterocycles. The predicted molar refractivity (Wildman–Crippen MR) is 42.9 cm³/mol. The molecular weight excluding hydrogens is 124 g/mol. The summed E-state index contributed by atoms with van der Waals surface area (Å²) in [5.41, 5.74) is 1.39. The van der Waals surface area contributed by atoms with Gasteiger partial charge in [-0.2, -0.15) is 0 Å². The molecule has 1 heterocycles. The highest BCUT2D eigenvalue weighted by atomic mass is 16.6. The second-order valence-corrected chi connectivity index (χ2v) is 2.51. The summed E-state index contributed by atoms with van der Waals surface area (Å²) in [5, 5.41) is 0. The Bertz CT molecular complexity index is 164. The second kappa shape index (κ2) is 3.02. The van der Waals surface area contributed by atoms with E-state index >= 15 is 0 Å². The zero-order valence-corrected chi connectivity index (χ0v) is 5.34. The minimum atomic E-state index is 0. The van der Waals surface area contributed by atoms with E-state index in [4.69, 9.17) is 4.74 Å². The largest absolute Gasteiger partial charge is 0.368 e. The van der Waals surface area contributed by atoms with Crippen molar-refractivity contribution in [3.05, 3.63) is 23.8 Å². The van der Waals surface area contributed by atoms with Gasteiger partial charge < -0.3 is 4.74 Å². The lowest BCUT2D eigenvalue weighted by atomic mass is 10.1. The number of hydrogen-bond donors (Lipinski definition) is 0. The molecule has 0 bridgehead atoms. The highest BCUT2D eigenvalue weighted by molar-refractivity contribution is 5.28. The fraction of sp³-hybridized carbons (Fsp3) is 0.556. The molecule has 0 aromatic rings. The van der Waals surface area contributed by atoms with Gasteiger partial charge >= 0.3 is 0 Å². The van der Waals surface area contributed by atoms with E-state index in [1.807, 2.05) is 0 Å². The molecule has 0 spiro atoms. The molecule has 1 heteroatoms. The van der Waals surface area contributed by atoms with Gasteiger partial charge in [-0.15, -0.1) is 0 Å². The lowest BCUT2D eigenvalue weighted by molar-refractivity contribution is 0.434. The van der Waals surface area contributed by atoms with E-state index in [1.165, 1.54) is 18.4 Å². The van der Waals surface area contributed by atoms with Gasteiger partial charge in [0.1, 0.15) is 6.10 Å². The van der Waals surface area contributed by atoms with Gasteiger partial charge in [-0.05, 0) is 18.4 Å². The molecular formula is C9H14O. The number of ether oxygens (including phenoxy) is 1. The molecule has 2 aliphatic rings. The fourth-order valence-corrected chi connectivity index (χ4v) is 1.11. The van der Waals surface area contributed by atoms with Crippen LogP contribution in [0.1, 0.15) is 20.3 Å². The third-order valence-corrected chi connectivity index (χ3v) is 1.73. The summed E-state index contributed by atoms with van der Waals surface area (Å²) in [6, 6.07) is 0. The first kappa shape index (κ1) is 7.55. The third-order valence-electron chi connectivity index (χ3n) is 1.73. The van der Waals surface area contributed by atoms with Gasteiger partial charge in [-0.3, -0.25) is 0 Å². The molecule has 10 heavy (non-hydrogen) atoms. The van der Waals surface area contributed by atoms with Gasteiger partial charge in [0.25, 0.3) is 0 Å². The highest BCUT2D eigenvalue weighted by Crippen LogP contribution is 2.23. The Hall–Kier alpha value is -0.560. The van der Waals surface area contributed by atoms with Crippen molar-refractivity contribution in [2.75, 3.05) is 6.61 Å². The summed E-state index contributed by atoms with van der Waals surface area (Å²) in [4.78, 5) is 0. The summed E-state index contributed by atoms with van der Waals surface area (Å²) < 4.78 is 5.13. The van der Waals surface area contributed by atoms with Gasteiger partial charge in [0, 0.05) is 0 Å². The maximum Gasteiger partial charge on any atom is 0.106 e. The fourth-order valence-electron chi connectivity index (χ4n) is 1.11. The van der Waals surface area contributed by atoms with Crippen LogP contribution >= 0.6 is 0 Å². The zero-order chi connectivity index (χ0) is 6.10. The molecule has 0 radical (unpaired) electrons. The van der Waals surface area contributed by atoms with Crippen molar-refractivity contribution in [2.45, 2.75) is 26.4 Å². The molecule has 1 aliphatic heterocycles. The molecule has 0 amide bonds. The number of allylic oxidation sites excluding steroid dienone is 2. The monoisotopic (exact) mass is 138 g/mol. The van der Waals surface area contributed by atoms with E-state index in [2.05, 4.69) is 18.2 Å². The van der Waals surface area contributed by atoms with Crippen LogP contribution in [-0.4, -0.2) is 12.7 Å². The second-order valence-electron chi connectivity index (χ2n) is 2.51. The Morgan fingerprint density at radius 1 is 1.40 bits per heavy atom. The maximum atomic E-state index is 5.13. The van der Waals surface area contributed by atoms with Crippen LogP contribution in [0.15, 0.2) is 23.8 Å². The van der Waals surface area contributed by atoms with Crippen molar-refractivity contribution in [2.24, 2.45) is 0 Å². The van der Waals surface area contributed by atoms with E-state index in [-0.39, 0.29) is 7.43 Å². The van der Waals surface area contributed by atoms with Crippen LogP contribution in [0.4, 0.5) is 0 Å². The minimum Gasteiger partial charge on any atom is -0.368 e. The van der Waals surface area contributed by atoms with Crippen LogP contribution in [0.2, 0.25) is 0 Å². The molecule has 1 aliphatic carbocycles. The molecule has 1 fully saturated rings. The smallest absolute Gasteiger partial charge is 0.106 e. The highest BCUT2D eigenvalue weighted by Gasteiger charge is 2.25. The minimum absolute atomic E-state index is 0. The topological polar surface area (TPSA) is 12.5 Å². The van der Waals surface area contributed by atoms with Crippen molar-refractivity contribution in [3.8, 4) is 0 Å². The van der Waals surface area contributed by atoms with Gasteiger partial charge in [0.15, 0.2) is 0 Å². The van der Waals surface area contributed by atoms with Crippen molar-refractivity contribution < 1.29 is 4.74 Å². The molecule has 0 N–H and O–H groups in total. The molecule has 0 saturated carbocycles. The predicted octanol–water partition coefficient (Wildman–Crippen LogP) is 2.30. The number of epoxide rings is 1. The Balaban J connectivity index is 0.000000500. The average Bonchev–Trinajstić information content (AvgIpc) is 2.71. The molecule has 0 unspecified atom stereocenters. The SMILES string of the molecule is C.C1=CC([C@H]2CO2)=CCC1. The van der Waals surface area contributed by atoms with Crippen LogP contribution < -0.4 is 0 Å². The lowest BCUT2D eigenvalue weighted by Gasteiger charge is -2.00. The Kier molecular flexibility index (Phi) is 2.28. The zero-order valence-electron chi connectivity index (χ0n) is 5.34. The van der Waals surface area contributed by atoms with Gasteiger partial charge in [0.2, 0.25) is 0 Å². The summed E-state index contributed by atoms with van der Waals surface area (Å²) in [5.74, 6) is 0. The van der Waals surface area contributed by atoms with Crippen molar-refractivity contribution in [1.29, 1.82) is 0 Å². The summed E-state index contributed by atoms with van der Waals surface area (Å²) in [7, 11) is 0. The maximum absolute atomic E-state index is 5.13. The molecule has 56 valence electrons. The van der Waals surface area contributed by atoms with Gasteiger partial charge in [-0.1, -0.05) is 25.7 Å². The van der Waals surface area contributed by atoms with E-state index in [9.17, 15) is 0 Å². The molecule has 2 rings (SSSR count). The van der Waals surface area contributed by atoms with Crippen molar-refractivity contribution >= 4 is 0 Å². The van der Waals surface area contributed by atoms with Crippen LogP contribution in [0.5, 0.6) is 0 Å². The Morgan fingerprint density at radius 3 is 2.70 bits per heavy atom. The van der Waals surface area contributed by atoms with E-state index in [0.29, 0.717) is 6.10 Å². The van der Waals surface area contributed by atoms with Crippen LogP contribution in [0, 0.1) is 0 Å². The summed E-state index contributed by atoms with van der Waals surface area (Å²) in [6.07, 6.45) is 9.54. The number of rotatable bonds is 1. The molecule has 1 nitrogen and oxygen atoms in total. The third kappa shape index (κ3) is 1.48. The first-order valence-corrected chi connectivity index (χ1v) is 3.45. The number of hydrogen-bond acceptors (Lipinski definition) is 1. The Morgan fingerprint density at radius 2 is 2.20 bits per heavy atom.